The van der Waals surface area contributed by atoms with Crippen LogP contribution in [0.4, 0.5) is 5.69 Å². The first kappa shape index (κ1) is 34.9. The molecule has 0 aromatic heterocycles. The Morgan fingerprint density at radius 3 is 2.10 bits per heavy atom. The van der Waals surface area contributed by atoms with Gasteiger partial charge in [0.2, 0.25) is 11.8 Å². The largest absolute Gasteiger partial charge is 0.352 e. The van der Waals surface area contributed by atoms with E-state index in [-0.39, 0.29) is 23.4 Å². The fraction of sp³-hybridized carbons (Fsp3) is 0.350. The van der Waals surface area contributed by atoms with E-state index in [9.17, 15) is 18.0 Å². The lowest BCUT2D eigenvalue weighted by molar-refractivity contribution is -0.140. The lowest BCUT2D eigenvalue weighted by atomic mass is 9.94. The molecule has 0 aliphatic heterocycles. The molecule has 1 N–H and O–H groups in total. The summed E-state index contributed by atoms with van der Waals surface area (Å²) in [6.45, 7) is 7.32. The number of carbonyl (C=O) groups excluding carboxylic acids is 2. The van der Waals surface area contributed by atoms with Gasteiger partial charge in [-0.2, -0.15) is 0 Å². The van der Waals surface area contributed by atoms with Gasteiger partial charge in [0.1, 0.15) is 12.6 Å². The third-order valence-electron chi connectivity index (χ3n) is 9.35. The minimum Gasteiger partial charge on any atom is -0.352 e. The number of hydrogen-bond acceptors (Lipinski definition) is 4. The van der Waals surface area contributed by atoms with Gasteiger partial charge in [0.05, 0.1) is 10.6 Å². The standard InChI is InChI=1S/C40H47N3O4S/c1-29-20-23-36(24-21-29)48(46,47)43(37-25-30(2)19-22-32(37)4)28-39(44)42(27-34-16-12-11-13-31(34)3)38(26-33-14-7-5-8-15-33)40(45)41-35-17-9-6-10-18-35/h5,7-8,11-16,19-25,35,38H,6,9-10,17-18,26-28H2,1-4H3,(H,41,45)/t38-/m1/s1. The summed E-state index contributed by atoms with van der Waals surface area (Å²) in [6, 6.07) is 29.0. The molecule has 0 bridgehead atoms. The van der Waals surface area contributed by atoms with Gasteiger partial charge in [-0.3, -0.25) is 13.9 Å². The predicted molar refractivity (Wildman–Crippen MR) is 192 cm³/mol. The highest BCUT2D eigenvalue weighted by Gasteiger charge is 2.36. The topological polar surface area (TPSA) is 86.8 Å². The van der Waals surface area contributed by atoms with Crippen LogP contribution in [0.1, 0.15) is 65.5 Å². The molecule has 0 spiro atoms. The second-order valence-corrected chi connectivity index (χ2v) is 15.0. The van der Waals surface area contributed by atoms with Crippen molar-refractivity contribution in [2.24, 2.45) is 0 Å². The van der Waals surface area contributed by atoms with E-state index in [4.69, 9.17) is 0 Å². The summed E-state index contributed by atoms with van der Waals surface area (Å²) in [7, 11) is -4.16. The van der Waals surface area contributed by atoms with E-state index in [2.05, 4.69) is 5.32 Å². The van der Waals surface area contributed by atoms with Gasteiger partial charge in [-0.05, 0) is 86.6 Å². The molecule has 4 aromatic carbocycles. The van der Waals surface area contributed by atoms with Crippen LogP contribution in [-0.4, -0.2) is 43.8 Å². The fourth-order valence-corrected chi connectivity index (χ4v) is 7.88. The molecule has 4 aromatic rings. The number of nitrogens with one attached hydrogen (secondary N) is 1. The van der Waals surface area contributed by atoms with Crippen LogP contribution in [0.3, 0.4) is 0 Å². The first-order valence-electron chi connectivity index (χ1n) is 16.9. The van der Waals surface area contributed by atoms with Crippen molar-refractivity contribution < 1.29 is 18.0 Å². The summed E-state index contributed by atoms with van der Waals surface area (Å²) in [5, 5.41) is 3.27. The SMILES string of the molecule is Cc1ccc(S(=O)(=O)N(CC(=O)N(Cc2ccccc2C)[C@H](Cc2ccccc2)C(=O)NC2CCCCC2)c2cc(C)ccc2C)cc1. The van der Waals surface area contributed by atoms with Crippen molar-refractivity contribution in [2.75, 3.05) is 10.8 Å². The minimum atomic E-state index is -4.16. The number of anilines is 1. The molecule has 0 heterocycles. The van der Waals surface area contributed by atoms with Crippen LogP contribution in [-0.2, 0) is 32.6 Å². The maximum atomic E-state index is 14.8. The molecule has 8 heteroatoms. The van der Waals surface area contributed by atoms with Gasteiger partial charge < -0.3 is 10.2 Å². The minimum absolute atomic E-state index is 0.0493. The zero-order valence-corrected chi connectivity index (χ0v) is 29.3. The van der Waals surface area contributed by atoms with Crippen molar-refractivity contribution in [1.29, 1.82) is 0 Å². The molecule has 0 radical (unpaired) electrons. The third kappa shape index (κ3) is 8.53. The van der Waals surface area contributed by atoms with Gasteiger partial charge in [0.25, 0.3) is 10.0 Å². The van der Waals surface area contributed by atoms with Crippen molar-refractivity contribution in [1.82, 2.24) is 10.2 Å². The average Bonchev–Trinajstić information content (AvgIpc) is 3.08. The highest BCUT2D eigenvalue weighted by atomic mass is 32.2. The summed E-state index contributed by atoms with van der Waals surface area (Å²) in [4.78, 5) is 30.8. The van der Waals surface area contributed by atoms with Crippen LogP contribution < -0.4 is 9.62 Å². The maximum Gasteiger partial charge on any atom is 0.264 e. The van der Waals surface area contributed by atoms with E-state index in [0.29, 0.717) is 12.1 Å². The molecule has 1 atom stereocenters. The van der Waals surface area contributed by atoms with Crippen molar-refractivity contribution >= 4 is 27.5 Å². The lowest BCUT2D eigenvalue weighted by Gasteiger charge is -2.35. The summed E-state index contributed by atoms with van der Waals surface area (Å²) in [5.74, 6) is -0.665. The lowest BCUT2D eigenvalue weighted by Crippen LogP contribution is -2.55. The van der Waals surface area contributed by atoms with Crippen molar-refractivity contribution in [2.45, 2.75) is 89.7 Å². The number of sulfonamides is 1. The Kier molecular flexibility index (Phi) is 11.4. The van der Waals surface area contributed by atoms with Gasteiger partial charge in [-0.1, -0.05) is 104 Å². The Hall–Kier alpha value is -4.43. The molecular formula is C40H47N3O4S. The van der Waals surface area contributed by atoms with Crippen molar-refractivity contribution in [3.63, 3.8) is 0 Å². The highest BCUT2D eigenvalue weighted by Crippen LogP contribution is 2.29. The molecule has 1 aliphatic rings. The molecule has 1 saturated carbocycles. The van der Waals surface area contributed by atoms with Gasteiger partial charge in [0.15, 0.2) is 0 Å². The van der Waals surface area contributed by atoms with E-state index < -0.39 is 28.5 Å². The van der Waals surface area contributed by atoms with E-state index in [1.807, 2.05) is 94.4 Å². The molecule has 1 aliphatic carbocycles. The normalized spacial score (nSPS) is 14.2. The molecule has 5 rings (SSSR count). The molecule has 0 unspecified atom stereocenters. The Labute approximate surface area is 286 Å². The molecular weight excluding hydrogens is 619 g/mol. The second kappa shape index (κ2) is 15.6. The monoisotopic (exact) mass is 665 g/mol. The number of nitrogens with zero attached hydrogens (tertiary/aromatic N) is 2. The smallest absolute Gasteiger partial charge is 0.264 e. The third-order valence-corrected chi connectivity index (χ3v) is 11.1. The Morgan fingerprint density at radius 1 is 0.771 bits per heavy atom. The van der Waals surface area contributed by atoms with E-state index in [0.717, 1.165) is 65.5 Å². The van der Waals surface area contributed by atoms with Crippen LogP contribution in [0.5, 0.6) is 0 Å². The van der Waals surface area contributed by atoms with Crippen LogP contribution >= 0.6 is 0 Å². The summed E-state index contributed by atoms with van der Waals surface area (Å²) >= 11 is 0. The van der Waals surface area contributed by atoms with Gasteiger partial charge >= 0.3 is 0 Å². The predicted octanol–water partition coefficient (Wildman–Crippen LogP) is 7.20. The molecule has 7 nitrogen and oxygen atoms in total. The number of carbonyl (C=O) groups is 2. The number of aryl methyl sites for hydroxylation is 4. The fourth-order valence-electron chi connectivity index (χ4n) is 6.41. The number of rotatable bonds is 12. The Bertz CT molecular complexity index is 1820. The summed E-state index contributed by atoms with van der Waals surface area (Å²) in [5.41, 5.74) is 5.77. The highest BCUT2D eigenvalue weighted by molar-refractivity contribution is 7.92. The van der Waals surface area contributed by atoms with Crippen LogP contribution in [0.15, 0.2) is 102 Å². The van der Waals surface area contributed by atoms with E-state index in [1.165, 1.54) is 4.31 Å². The molecule has 1 fully saturated rings. The van der Waals surface area contributed by atoms with E-state index in [1.54, 1.807) is 35.2 Å². The van der Waals surface area contributed by atoms with Crippen molar-refractivity contribution in [3.05, 3.63) is 130 Å². The average molecular weight is 666 g/mol. The summed E-state index contributed by atoms with van der Waals surface area (Å²) in [6.07, 6.45) is 5.38. The first-order chi connectivity index (χ1) is 23.0. The number of benzene rings is 4. The zero-order chi connectivity index (χ0) is 34.3. The molecule has 2 amide bonds. The van der Waals surface area contributed by atoms with Gasteiger partial charge in [-0.15, -0.1) is 0 Å². The Balaban J connectivity index is 1.59. The van der Waals surface area contributed by atoms with Gasteiger partial charge in [-0.25, -0.2) is 8.42 Å². The van der Waals surface area contributed by atoms with Crippen LogP contribution in [0, 0.1) is 27.7 Å². The van der Waals surface area contributed by atoms with Crippen molar-refractivity contribution in [3.8, 4) is 0 Å². The van der Waals surface area contributed by atoms with E-state index >= 15 is 0 Å². The zero-order valence-electron chi connectivity index (χ0n) is 28.5. The quantitative estimate of drug-likeness (QED) is 0.173. The Morgan fingerprint density at radius 2 is 1.42 bits per heavy atom. The second-order valence-electron chi connectivity index (χ2n) is 13.1. The van der Waals surface area contributed by atoms with Crippen LogP contribution in [0.2, 0.25) is 0 Å². The molecule has 252 valence electrons. The van der Waals surface area contributed by atoms with Gasteiger partial charge in [0, 0.05) is 19.0 Å². The molecule has 48 heavy (non-hydrogen) atoms. The number of amides is 2. The molecule has 0 saturated heterocycles. The summed E-state index contributed by atoms with van der Waals surface area (Å²) < 4.78 is 30.0. The number of hydrogen-bond donors (Lipinski definition) is 1. The van der Waals surface area contributed by atoms with Crippen LogP contribution in [0.25, 0.3) is 0 Å². The maximum absolute atomic E-state index is 14.8. The first-order valence-corrected chi connectivity index (χ1v) is 18.3.